The molecule has 2 saturated heterocycles. The van der Waals surface area contributed by atoms with Crippen LogP contribution in [0.5, 0.6) is 11.5 Å². The van der Waals surface area contributed by atoms with Crippen molar-refractivity contribution in [3.8, 4) is 11.5 Å². The number of urea groups is 1. The summed E-state index contributed by atoms with van der Waals surface area (Å²) in [4.78, 5) is 62.2. The first-order valence-electron chi connectivity index (χ1n) is 14.1. The number of thioether (sulfide) groups is 1. The lowest BCUT2D eigenvalue weighted by Gasteiger charge is -2.23. The van der Waals surface area contributed by atoms with E-state index in [4.69, 9.17) is 9.47 Å². The number of hydrogen-bond acceptors (Lipinski definition) is 10. The summed E-state index contributed by atoms with van der Waals surface area (Å²) in [6, 6.07) is 2.45. The van der Waals surface area contributed by atoms with Crippen molar-refractivity contribution in [2.45, 2.75) is 82.2 Å². The lowest BCUT2D eigenvalue weighted by Crippen LogP contribution is -2.36. The summed E-state index contributed by atoms with van der Waals surface area (Å²) in [5.41, 5.74) is 0.205. The third kappa shape index (κ3) is 7.53. The zero-order valence-corrected chi connectivity index (χ0v) is 24.5. The van der Waals surface area contributed by atoms with Gasteiger partial charge < -0.3 is 30.3 Å². The van der Waals surface area contributed by atoms with E-state index in [1.807, 2.05) is 25.6 Å². The standard InChI is InChI=1S/C30H36N2O9S/c1-16(2)9-12-22(17-14-21(35)26-19(33)10-11-20(34)27(26)29(17)38)41-25(37)8-5-13-40-24(36)7-4-3-6-23-28-18(15-42-23)31-30(39)32-28/h9-11,14,18,22-23,28,33-34H,3-8,12-13,15H2,1-2H3,(H2,31,32,39)/t18-,22+,23-,28-/m0/s1. The van der Waals surface area contributed by atoms with Crippen LogP contribution in [0.2, 0.25) is 0 Å². The maximum Gasteiger partial charge on any atom is 0.315 e. The fourth-order valence-electron chi connectivity index (χ4n) is 5.25. The van der Waals surface area contributed by atoms with E-state index in [1.54, 1.807) is 6.08 Å². The van der Waals surface area contributed by atoms with Crippen LogP contribution in [0.15, 0.2) is 35.4 Å². The SMILES string of the molecule is CC(C)=CC[C@@H](OC(=O)CCCOC(=O)CCCC[C@@H]1SC[C@@H]2NC(=O)N[C@@H]21)C1=CC(=O)c2c(O)ccc(O)c2C1=O. The number of carbonyl (C=O) groups excluding carboxylic acids is 5. The number of phenolic OH excluding ortho intramolecular Hbond substituents is 2. The van der Waals surface area contributed by atoms with Gasteiger partial charge in [-0.3, -0.25) is 19.2 Å². The van der Waals surface area contributed by atoms with Crippen molar-refractivity contribution < 1.29 is 43.7 Å². The summed E-state index contributed by atoms with van der Waals surface area (Å²) >= 11 is 1.83. The van der Waals surface area contributed by atoms with Crippen LogP contribution in [0.4, 0.5) is 4.79 Å². The molecule has 1 aromatic carbocycles. The molecule has 11 nitrogen and oxygen atoms in total. The molecule has 2 amide bonds. The number of phenols is 2. The molecule has 12 heteroatoms. The van der Waals surface area contributed by atoms with Gasteiger partial charge in [0, 0.05) is 35.8 Å². The van der Waals surface area contributed by atoms with Crippen LogP contribution in [0.25, 0.3) is 0 Å². The maximum atomic E-state index is 13.2. The van der Waals surface area contributed by atoms with Crippen LogP contribution in [-0.4, -0.2) is 75.5 Å². The van der Waals surface area contributed by atoms with Crippen LogP contribution < -0.4 is 10.6 Å². The monoisotopic (exact) mass is 600 g/mol. The Morgan fingerprint density at radius 3 is 2.48 bits per heavy atom. The minimum atomic E-state index is -1.08. The van der Waals surface area contributed by atoms with Gasteiger partial charge in [-0.05, 0) is 51.3 Å². The molecule has 0 aromatic heterocycles. The molecule has 1 aromatic rings. The molecular weight excluding hydrogens is 564 g/mol. The number of nitrogens with one attached hydrogen (secondary N) is 2. The highest BCUT2D eigenvalue weighted by Gasteiger charge is 2.42. The Balaban J connectivity index is 1.21. The Labute approximate surface area is 248 Å². The molecule has 4 atom stereocenters. The zero-order valence-electron chi connectivity index (χ0n) is 23.6. The number of Topliss-reactive ketones (excluding diaryl/α,β-unsaturated/α-hetero) is 1. The number of ether oxygens (including phenoxy) is 2. The summed E-state index contributed by atoms with van der Waals surface area (Å²) in [5, 5.41) is 26.5. The highest BCUT2D eigenvalue weighted by molar-refractivity contribution is 8.00. The van der Waals surface area contributed by atoms with E-state index in [-0.39, 0.29) is 73.1 Å². The number of fused-ring (bicyclic) bond motifs is 2. The Morgan fingerprint density at radius 2 is 1.74 bits per heavy atom. The van der Waals surface area contributed by atoms with Crippen LogP contribution in [-0.2, 0) is 19.1 Å². The number of allylic oxidation sites excluding steroid dienone is 2. The zero-order chi connectivity index (χ0) is 30.4. The minimum absolute atomic E-state index is 0.0349. The first kappa shape index (κ1) is 31.1. The van der Waals surface area contributed by atoms with E-state index in [0.717, 1.165) is 42.4 Å². The van der Waals surface area contributed by atoms with Gasteiger partial charge in [0.1, 0.15) is 17.6 Å². The van der Waals surface area contributed by atoms with Crippen molar-refractivity contribution in [2.75, 3.05) is 12.4 Å². The van der Waals surface area contributed by atoms with E-state index >= 15 is 0 Å². The number of aromatic hydroxyl groups is 2. The number of benzene rings is 1. The third-order valence-corrected chi connectivity index (χ3v) is 8.90. The van der Waals surface area contributed by atoms with Gasteiger partial charge in [0.25, 0.3) is 0 Å². The van der Waals surface area contributed by atoms with Crippen molar-refractivity contribution in [3.05, 3.63) is 46.6 Å². The molecule has 4 N–H and O–H groups in total. The molecule has 226 valence electrons. The molecule has 3 aliphatic rings. The number of amides is 2. The van der Waals surface area contributed by atoms with Crippen LogP contribution in [0.1, 0.15) is 79.5 Å². The van der Waals surface area contributed by atoms with Gasteiger partial charge in [0.05, 0.1) is 29.8 Å². The Bertz CT molecular complexity index is 1320. The Morgan fingerprint density at radius 1 is 1.02 bits per heavy atom. The van der Waals surface area contributed by atoms with Gasteiger partial charge in [0.2, 0.25) is 0 Å². The van der Waals surface area contributed by atoms with E-state index in [2.05, 4.69) is 10.6 Å². The Hall–Kier alpha value is -3.80. The quantitative estimate of drug-likeness (QED) is 0.0861. The second-order valence-electron chi connectivity index (χ2n) is 10.8. The molecule has 0 unspecified atom stereocenters. The molecule has 0 saturated carbocycles. The number of unbranched alkanes of at least 4 members (excludes halogenated alkanes) is 1. The third-order valence-electron chi connectivity index (χ3n) is 7.39. The van der Waals surface area contributed by atoms with E-state index in [0.29, 0.717) is 11.7 Å². The Kier molecular flexibility index (Phi) is 10.3. The number of hydrogen-bond donors (Lipinski definition) is 4. The van der Waals surface area contributed by atoms with Gasteiger partial charge in [-0.25, -0.2) is 4.79 Å². The second kappa shape index (κ2) is 13.9. The van der Waals surface area contributed by atoms with Crippen LogP contribution >= 0.6 is 11.8 Å². The fraction of sp³-hybridized carbons (Fsp3) is 0.500. The van der Waals surface area contributed by atoms with Crippen molar-refractivity contribution in [1.29, 1.82) is 0 Å². The number of esters is 2. The van der Waals surface area contributed by atoms with Crippen molar-refractivity contribution >= 4 is 41.3 Å². The second-order valence-corrected chi connectivity index (χ2v) is 12.1. The van der Waals surface area contributed by atoms with Crippen molar-refractivity contribution in [3.63, 3.8) is 0 Å². The first-order valence-corrected chi connectivity index (χ1v) is 15.1. The van der Waals surface area contributed by atoms with Crippen molar-refractivity contribution in [1.82, 2.24) is 10.6 Å². The summed E-state index contributed by atoms with van der Waals surface area (Å²) in [6.07, 6.45) is 4.67. The molecule has 0 bridgehead atoms. The molecule has 2 aliphatic heterocycles. The smallest absolute Gasteiger partial charge is 0.315 e. The number of ketones is 2. The molecule has 1 aliphatic carbocycles. The summed E-state index contributed by atoms with van der Waals surface area (Å²) < 4.78 is 10.8. The lowest BCUT2D eigenvalue weighted by atomic mass is 9.85. The first-order chi connectivity index (χ1) is 20.0. The van der Waals surface area contributed by atoms with E-state index < -0.39 is 35.1 Å². The van der Waals surface area contributed by atoms with Crippen LogP contribution in [0, 0.1) is 0 Å². The fourth-order valence-corrected chi connectivity index (χ4v) is 6.80. The van der Waals surface area contributed by atoms with E-state index in [1.165, 1.54) is 0 Å². The van der Waals surface area contributed by atoms with Gasteiger partial charge >= 0.3 is 18.0 Å². The lowest BCUT2D eigenvalue weighted by molar-refractivity contribution is -0.149. The topological polar surface area (TPSA) is 168 Å². The molecule has 0 radical (unpaired) electrons. The van der Waals surface area contributed by atoms with Gasteiger partial charge in [0.15, 0.2) is 11.6 Å². The molecule has 42 heavy (non-hydrogen) atoms. The predicted octanol–water partition coefficient (Wildman–Crippen LogP) is 3.72. The average Bonchev–Trinajstić information content (AvgIpc) is 3.49. The molecule has 0 spiro atoms. The van der Waals surface area contributed by atoms with Gasteiger partial charge in [-0.15, -0.1) is 0 Å². The summed E-state index contributed by atoms with van der Waals surface area (Å²) in [6.45, 7) is 3.71. The highest BCUT2D eigenvalue weighted by Crippen LogP contribution is 2.36. The maximum absolute atomic E-state index is 13.2. The predicted molar refractivity (Wildman–Crippen MR) is 155 cm³/mol. The molecule has 2 fully saturated rings. The van der Waals surface area contributed by atoms with E-state index in [9.17, 15) is 34.2 Å². The average molecular weight is 601 g/mol. The molecular formula is C30H36N2O9S. The largest absolute Gasteiger partial charge is 0.507 e. The van der Waals surface area contributed by atoms with Crippen molar-refractivity contribution in [2.24, 2.45) is 0 Å². The highest BCUT2D eigenvalue weighted by atomic mass is 32.2. The summed E-state index contributed by atoms with van der Waals surface area (Å²) in [5.74, 6) is -2.35. The number of rotatable bonds is 13. The molecule has 2 heterocycles. The normalized spacial score (nSPS) is 21.4. The summed E-state index contributed by atoms with van der Waals surface area (Å²) in [7, 11) is 0. The van der Waals surface area contributed by atoms with Gasteiger partial charge in [-0.1, -0.05) is 18.1 Å². The number of carbonyl (C=O) groups is 5. The van der Waals surface area contributed by atoms with Gasteiger partial charge in [-0.2, -0.15) is 11.8 Å². The molecule has 4 rings (SSSR count). The van der Waals surface area contributed by atoms with Crippen LogP contribution in [0.3, 0.4) is 0 Å². The minimum Gasteiger partial charge on any atom is -0.507 e.